The molecule has 1 atom stereocenters. The van der Waals surface area contributed by atoms with Crippen molar-refractivity contribution < 1.29 is 19.1 Å². The summed E-state index contributed by atoms with van der Waals surface area (Å²) in [6, 6.07) is 5.60. The standard InChI is InChI=1S/C22H27N3O4/c26-20-16-7-3-8-17(19(16)22(28)25(20)15-5-1-2-6-15)23-10-12-24(13-11-23)21(27)18-9-4-14-29-18/h3,7-8,15,18H,1-2,4-6,9-14H2/t18-/m1/s1. The zero-order chi connectivity index (χ0) is 20.0. The molecule has 5 rings (SSSR count). The molecule has 29 heavy (non-hydrogen) atoms. The van der Waals surface area contributed by atoms with E-state index in [1.165, 1.54) is 4.90 Å². The van der Waals surface area contributed by atoms with Crippen molar-refractivity contribution in [1.82, 2.24) is 9.80 Å². The fraction of sp³-hybridized carbons (Fsp3) is 0.591. The third-order valence-electron chi connectivity index (χ3n) is 6.75. The first-order valence-electron chi connectivity index (χ1n) is 10.8. The van der Waals surface area contributed by atoms with E-state index >= 15 is 0 Å². The lowest BCUT2D eigenvalue weighted by molar-refractivity contribution is -0.141. The van der Waals surface area contributed by atoms with Gasteiger partial charge in [0.2, 0.25) is 0 Å². The lowest BCUT2D eigenvalue weighted by Crippen LogP contribution is -2.51. The van der Waals surface area contributed by atoms with Gasteiger partial charge in [0.15, 0.2) is 0 Å². The van der Waals surface area contributed by atoms with Crippen LogP contribution in [0.1, 0.15) is 59.2 Å². The molecule has 7 nitrogen and oxygen atoms in total. The summed E-state index contributed by atoms with van der Waals surface area (Å²) in [7, 11) is 0. The number of hydrogen-bond donors (Lipinski definition) is 0. The molecule has 3 amide bonds. The number of carbonyl (C=O) groups excluding carboxylic acids is 3. The molecule has 0 bridgehead atoms. The number of hydrogen-bond acceptors (Lipinski definition) is 5. The Morgan fingerprint density at radius 2 is 1.69 bits per heavy atom. The van der Waals surface area contributed by atoms with Crippen molar-refractivity contribution >= 4 is 23.4 Å². The van der Waals surface area contributed by atoms with Crippen LogP contribution in [-0.4, -0.2) is 72.5 Å². The van der Waals surface area contributed by atoms with E-state index < -0.39 is 0 Å². The van der Waals surface area contributed by atoms with Crippen molar-refractivity contribution in [3.05, 3.63) is 29.3 Å². The van der Waals surface area contributed by atoms with Crippen molar-refractivity contribution in [2.24, 2.45) is 0 Å². The maximum absolute atomic E-state index is 13.2. The highest BCUT2D eigenvalue weighted by molar-refractivity contribution is 6.24. The van der Waals surface area contributed by atoms with Gasteiger partial charge in [0.05, 0.1) is 16.8 Å². The molecule has 4 aliphatic rings. The van der Waals surface area contributed by atoms with E-state index in [0.717, 1.165) is 44.2 Å². The average molecular weight is 397 g/mol. The number of rotatable bonds is 3. The van der Waals surface area contributed by atoms with Crippen molar-refractivity contribution in [3.8, 4) is 0 Å². The van der Waals surface area contributed by atoms with Gasteiger partial charge in [-0.15, -0.1) is 0 Å². The Kier molecular flexibility index (Phi) is 4.78. The quantitative estimate of drug-likeness (QED) is 0.730. The molecule has 154 valence electrons. The Bertz CT molecular complexity index is 834. The Morgan fingerprint density at radius 1 is 0.931 bits per heavy atom. The number of imide groups is 1. The van der Waals surface area contributed by atoms with Gasteiger partial charge in [-0.25, -0.2) is 0 Å². The topological polar surface area (TPSA) is 70.2 Å². The van der Waals surface area contributed by atoms with Gasteiger partial charge in [0.1, 0.15) is 6.10 Å². The summed E-state index contributed by atoms with van der Waals surface area (Å²) in [4.78, 5) is 44.2. The summed E-state index contributed by atoms with van der Waals surface area (Å²) >= 11 is 0. The van der Waals surface area contributed by atoms with Crippen LogP contribution in [0.4, 0.5) is 5.69 Å². The molecule has 1 aromatic carbocycles. The summed E-state index contributed by atoms with van der Waals surface area (Å²) in [5.41, 5.74) is 1.89. The second-order valence-electron chi connectivity index (χ2n) is 8.43. The van der Waals surface area contributed by atoms with Crippen LogP contribution in [0.5, 0.6) is 0 Å². The number of ether oxygens (including phenoxy) is 1. The van der Waals surface area contributed by atoms with Gasteiger partial charge in [-0.3, -0.25) is 19.3 Å². The highest BCUT2D eigenvalue weighted by Crippen LogP contribution is 2.36. The van der Waals surface area contributed by atoms with Crippen molar-refractivity contribution in [1.29, 1.82) is 0 Å². The Hall–Kier alpha value is -2.41. The largest absolute Gasteiger partial charge is 0.368 e. The van der Waals surface area contributed by atoms with Crippen molar-refractivity contribution in [2.75, 3.05) is 37.7 Å². The molecule has 7 heteroatoms. The monoisotopic (exact) mass is 397 g/mol. The molecular formula is C22H27N3O4. The minimum absolute atomic E-state index is 0.0381. The Balaban J connectivity index is 1.33. The van der Waals surface area contributed by atoms with Gasteiger partial charge in [0, 0.05) is 38.8 Å². The van der Waals surface area contributed by atoms with E-state index in [1.54, 1.807) is 6.07 Å². The van der Waals surface area contributed by atoms with Gasteiger partial charge in [0.25, 0.3) is 17.7 Å². The second kappa shape index (κ2) is 7.44. The van der Waals surface area contributed by atoms with Gasteiger partial charge >= 0.3 is 0 Å². The van der Waals surface area contributed by atoms with Crippen LogP contribution >= 0.6 is 0 Å². The minimum atomic E-state index is -0.290. The SMILES string of the molecule is O=C([C@H]1CCCO1)N1CCN(c2cccc3c2C(=O)N(C2CCCC2)C3=O)CC1. The van der Waals surface area contributed by atoms with Crippen LogP contribution in [-0.2, 0) is 9.53 Å². The summed E-state index contributed by atoms with van der Waals surface area (Å²) in [5.74, 6) is -0.213. The summed E-state index contributed by atoms with van der Waals surface area (Å²) in [5, 5.41) is 0. The van der Waals surface area contributed by atoms with E-state index in [9.17, 15) is 14.4 Å². The fourth-order valence-electron chi connectivity index (χ4n) is 5.19. The van der Waals surface area contributed by atoms with Gasteiger partial charge in [-0.05, 0) is 37.8 Å². The molecule has 2 saturated heterocycles. The summed E-state index contributed by atoms with van der Waals surface area (Å²) in [6.45, 7) is 3.19. The average Bonchev–Trinajstić information content (AvgIpc) is 3.50. The fourth-order valence-corrected chi connectivity index (χ4v) is 5.19. The number of piperazine rings is 1. The number of anilines is 1. The predicted octanol–water partition coefficient (Wildman–Crippen LogP) is 2.05. The molecule has 1 aromatic rings. The summed E-state index contributed by atoms with van der Waals surface area (Å²) in [6.07, 6.45) is 5.42. The highest BCUT2D eigenvalue weighted by atomic mass is 16.5. The molecule has 3 heterocycles. The molecule has 0 N–H and O–H groups in total. The number of amides is 3. The van der Waals surface area contributed by atoms with E-state index in [0.29, 0.717) is 43.9 Å². The highest BCUT2D eigenvalue weighted by Gasteiger charge is 2.43. The van der Waals surface area contributed by atoms with Crippen LogP contribution in [0.15, 0.2) is 18.2 Å². The lowest BCUT2D eigenvalue weighted by Gasteiger charge is -2.37. The first kappa shape index (κ1) is 18.6. The summed E-state index contributed by atoms with van der Waals surface area (Å²) < 4.78 is 5.53. The first-order valence-corrected chi connectivity index (χ1v) is 10.8. The van der Waals surface area contributed by atoms with Gasteiger partial charge in [-0.1, -0.05) is 18.9 Å². The van der Waals surface area contributed by atoms with Crippen molar-refractivity contribution in [2.45, 2.75) is 50.7 Å². The predicted molar refractivity (Wildman–Crippen MR) is 107 cm³/mol. The number of benzene rings is 1. The Morgan fingerprint density at radius 3 is 2.38 bits per heavy atom. The van der Waals surface area contributed by atoms with Crippen LogP contribution < -0.4 is 4.90 Å². The third-order valence-corrected chi connectivity index (χ3v) is 6.75. The maximum atomic E-state index is 13.2. The molecule has 0 unspecified atom stereocenters. The lowest BCUT2D eigenvalue weighted by atomic mass is 10.1. The normalized spacial score (nSPS) is 25.2. The molecule has 3 aliphatic heterocycles. The minimum Gasteiger partial charge on any atom is -0.368 e. The van der Waals surface area contributed by atoms with E-state index in [4.69, 9.17) is 4.74 Å². The molecule has 1 aliphatic carbocycles. The zero-order valence-electron chi connectivity index (χ0n) is 16.6. The van der Waals surface area contributed by atoms with Crippen LogP contribution in [0.3, 0.4) is 0 Å². The maximum Gasteiger partial charge on any atom is 0.263 e. The van der Waals surface area contributed by atoms with Crippen LogP contribution in [0, 0.1) is 0 Å². The second-order valence-corrected chi connectivity index (χ2v) is 8.43. The van der Waals surface area contributed by atoms with Crippen LogP contribution in [0.2, 0.25) is 0 Å². The molecule has 0 radical (unpaired) electrons. The van der Waals surface area contributed by atoms with E-state index in [2.05, 4.69) is 4.90 Å². The zero-order valence-corrected chi connectivity index (χ0v) is 16.6. The number of fused-ring (bicyclic) bond motifs is 1. The number of carbonyl (C=O) groups is 3. The molecule has 3 fully saturated rings. The first-order chi connectivity index (χ1) is 14.1. The number of nitrogens with zero attached hydrogens (tertiary/aromatic N) is 3. The molecular weight excluding hydrogens is 370 g/mol. The molecule has 0 aromatic heterocycles. The smallest absolute Gasteiger partial charge is 0.263 e. The van der Waals surface area contributed by atoms with Gasteiger partial charge in [-0.2, -0.15) is 0 Å². The van der Waals surface area contributed by atoms with E-state index in [1.807, 2.05) is 17.0 Å². The van der Waals surface area contributed by atoms with Crippen LogP contribution in [0.25, 0.3) is 0 Å². The molecule has 0 spiro atoms. The molecule has 1 saturated carbocycles. The Labute approximate surface area is 170 Å². The third kappa shape index (κ3) is 3.12. The van der Waals surface area contributed by atoms with Gasteiger partial charge < -0.3 is 14.5 Å². The van der Waals surface area contributed by atoms with Crippen molar-refractivity contribution in [3.63, 3.8) is 0 Å². The van der Waals surface area contributed by atoms with E-state index in [-0.39, 0.29) is 29.9 Å².